The van der Waals surface area contributed by atoms with E-state index in [0.717, 1.165) is 25.6 Å². The molecule has 2 heterocycles. The lowest BCUT2D eigenvalue weighted by Crippen LogP contribution is -2.55. The van der Waals surface area contributed by atoms with Crippen LogP contribution in [0, 0.1) is 11.3 Å². The normalized spacial score (nSPS) is 23.7. The summed E-state index contributed by atoms with van der Waals surface area (Å²) in [4.78, 5) is 4.99. The summed E-state index contributed by atoms with van der Waals surface area (Å²) >= 11 is 0. The minimum Gasteiger partial charge on any atom is -0.396 e. The van der Waals surface area contributed by atoms with Gasteiger partial charge in [-0.1, -0.05) is 12.1 Å². The van der Waals surface area contributed by atoms with Crippen molar-refractivity contribution < 1.29 is 9.84 Å². The van der Waals surface area contributed by atoms with Crippen LogP contribution >= 0.6 is 0 Å². The minimum atomic E-state index is -0.0498. The van der Waals surface area contributed by atoms with E-state index in [4.69, 9.17) is 4.74 Å². The van der Waals surface area contributed by atoms with Crippen LogP contribution in [0.25, 0.3) is 0 Å². The second kappa shape index (κ2) is 5.18. The Morgan fingerprint density at radius 1 is 1.10 bits per heavy atom. The maximum atomic E-state index is 9.68. The average Bonchev–Trinajstić information content (AvgIpc) is 3.29. The van der Waals surface area contributed by atoms with Gasteiger partial charge in [-0.2, -0.15) is 0 Å². The monoisotopic (exact) mass is 288 g/mol. The number of hydrogen-bond acceptors (Lipinski definition) is 4. The predicted molar refractivity (Wildman–Crippen MR) is 83.9 cm³/mol. The standard InChI is InChI=1S/C17H24N2O2/c20-11-17(12-21-13-17)10-19-8-7-18(9-14-5-6-14)15-3-1-2-4-16(15)19/h1-4,14,20H,5-13H2. The Morgan fingerprint density at radius 2 is 1.76 bits per heavy atom. The Morgan fingerprint density at radius 3 is 2.33 bits per heavy atom. The maximum absolute atomic E-state index is 9.68. The largest absolute Gasteiger partial charge is 0.396 e. The number of nitrogens with zero attached hydrogens (tertiary/aromatic N) is 2. The number of rotatable bonds is 5. The molecule has 4 rings (SSSR count). The molecule has 0 spiro atoms. The summed E-state index contributed by atoms with van der Waals surface area (Å²) in [6.07, 6.45) is 2.79. The van der Waals surface area contributed by atoms with Crippen LogP contribution in [0.2, 0.25) is 0 Å². The van der Waals surface area contributed by atoms with E-state index in [-0.39, 0.29) is 12.0 Å². The first-order chi connectivity index (χ1) is 10.3. The van der Waals surface area contributed by atoms with E-state index in [1.807, 2.05) is 0 Å². The van der Waals surface area contributed by atoms with Crippen LogP contribution in [0.3, 0.4) is 0 Å². The summed E-state index contributed by atoms with van der Waals surface area (Å²) in [5.41, 5.74) is 2.64. The van der Waals surface area contributed by atoms with Gasteiger partial charge in [-0.25, -0.2) is 0 Å². The molecule has 2 aliphatic heterocycles. The predicted octanol–water partition coefficient (Wildman–Crippen LogP) is 1.73. The van der Waals surface area contributed by atoms with E-state index in [9.17, 15) is 5.11 Å². The lowest BCUT2D eigenvalue weighted by Gasteiger charge is -2.47. The van der Waals surface area contributed by atoms with E-state index in [2.05, 4.69) is 34.1 Å². The van der Waals surface area contributed by atoms with Gasteiger partial charge >= 0.3 is 0 Å². The first-order valence-corrected chi connectivity index (χ1v) is 8.07. The van der Waals surface area contributed by atoms with Gasteiger partial charge in [-0.05, 0) is 30.9 Å². The van der Waals surface area contributed by atoms with Crippen LogP contribution < -0.4 is 9.80 Å². The van der Waals surface area contributed by atoms with Crippen molar-refractivity contribution in [2.45, 2.75) is 12.8 Å². The van der Waals surface area contributed by atoms with Gasteiger partial charge in [0.15, 0.2) is 0 Å². The van der Waals surface area contributed by atoms with Gasteiger partial charge in [0.2, 0.25) is 0 Å². The second-order valence-corrected chi connectivity index (χ2v) is 6.95. The third-order valence-electron chi connectivity index (χ3n) is 5.06. The van der Waals surface area contributed by atoms with Crippen molar-refractivity contribution >= 4 is 11.4 Å². The van der Waals surface area contributed by atoms with Crippen molar-refractivity contribution in [2.24, 2.45) is 11.3 Å². The highest BCUT2D eigenvalue weighted by Gasteiger charge is 2.41. The molecular weight excluding hydrogens is 264 g/mol. The van der Waals surface area contributed by atoms with Crippen molar-refractivity contribution in [3.63, 3.8) is 0 Å². The number of benzene rings is 1. The topological polar surface area (TPSA) is 35.9 Å². The highest BCUT2D eigenvalue weighted by molar-refractivity contribution is 5.73. The van der Waals surface area contributed by atoms with Crippen LogP contribution in [0.4, 0.5) is 11.4 Å². The first-order valence-electron chi connectivity index (χ1n) is 8.07. The van der Waals surface area contributed by atoms with Crippen molar-refractivity contribution in [3.8, 4) is 0 Å². The first kappa shape index (κ1) is 13.4. The number of fused-ring (bicyclic) bond motifs is 1. The zero-order valence-electron chi connectivity index (χ0n) is 12.5. The molecule has 1 saturated carbocycles. The van der Waals surface area contributed by atoms with E-state index in [1.165, 1.54) is 30.8 Å². The van der Waals surface area contributed by atoms with Crippen LogP contribution in [0.5, 0.6) is 0 Å². The fourth-order valence-corrected chi connectivity index (χ4v) is 3.48. The number of aliphatic hydroxyl groups excluding tert-OH is 1. The smallest absolute Gasteiger partial charge is 0.0604 e. The summed E-state index contributed by atoms with van der Waals surface area (Å²) in [6.45, 7) is 5.84. The van der Waals surface area contributed by atoms with E-state index in [0.29, 0.717) is 13.2 Å². The summed E-state index contributed by atoms with van der Waals surface area (Å²) in [6, 6.07) is 8.72. The van der Waals surface area contributed by atoms with Crippen molar-refractivity contribution in [3.05, 3.63) is 24.3 Å². The Kier molecular flexibility index (Phi) is 3.31. The van der Waals surface area contributed by atoms with Crippen LogP contribution in [0.15, 0.2) is 24.3 Å². The Hall–Kier alpha value is -1.26. The highest BCUT2D eigenvalue weighted by atomic mass is 16.5. The molecule has 1 N–H and O–H groups in total. The maximum Gasteiger partial charge on any atom is 0.0604 e. The molecule has 114 valence electrons. The molecular formula is C17H24N2O2. The van der Waals surface area contributed by atoms with Crippen molar-refractivity contribution in [2.75, 3.05) is 55.8 Å². The van der Waals surface area contributed by atoms with Gasteiger partial charge in [0, 0.05) is 26.2 Å². The van der Waals surface area contributed by atoms with Crippen molar-refractivity contribution in [1.82, 2.24) is 0 Å². The van der Waals surface area contributed by atoms with Gasteiger partial charge in [-0.3, -0.25) is 0 Å². The highest BCUT2D eigenvalue weighted by Crippen LogP contribution is 2.39. The molecule has 21 heavy (non-hydrogen) atoms. The molecule has 1 aromatic carbocycles. The van der Waals surface area contributed by atoms with E-state index in [1.54, 1.807) is 0 Å². The van der Waals surface area contributed by atoms with Gasteiger partial charge in [0.25, 0.3) is 0 Å². The second-order valence-electron chi connectivity index (χ2n) is 6.95. The van der Waals surface area contributed by atoms with Crippen LogP contribution in [-0.2, 0) is 4.74 Å². The summed E-state index contributed by atoms with van der Waals surface area (Å²) in [5.74, 6) is 0.911. The fourth-order valence-electron chi connectivity index (χ4n) is 3.48. The molecule has 0 unspecified atom stereocenters. The van der Waals surface area contributed by atoms with E-state index >= 15 is 0 Å². The molecule has 0 aromatic heterocycles. The number of para-hydroxylation sites is 2. The van der Waals surface area contributed by atoms with Gasteiger partial charge < -0.3 is 19.6 Å². The Balaban J connectivity index is 1.55. The SMILES string of the molecule is OCC1(CN2CCN(CC3CC3)c3ccccc32)COC1. The molecule has 1 aromatic rings. The van der Waals surface area contributed by atoms with Gasteiger partial charge in [0.05, 0.1) is 36.6 Å². The zero-order chi connectivity index (χ0) is 14.3. The average molecular weight is 288 g/mol. The molecule has 0 atom stereocenters. The lowest BCUT2D eigenvalue weighted by atomic mass is 9.86. The fraction of sp³-hybridized carbons (Fsp3) is 0.647. The molecule has 1 aliphatic carbocycles. The van der Waals surface area contributed by atoms with Crippen LogP contribution in [-0.4, -0.2) is 51.1 Å². The number of anilines is 2. The molecule has 1 saturated heterocycles. The number of aliphatic hydroxyl groups is 1. The minimum absolute atomic E-state index is 0.0498. The van der Waals surface area contributed by atoms with Crippen LogP contribution in [0.1, 0.15) is 12.8 Å². The molecule has 2 fully saturated rings. The summed E-state index contributed by atoms with van der Waals surface area (Å²) in [5, 5.41) is 9.68. The third-order valence-corrected chi connectivity index (χ3v) is 5.06. The molecule has 4 nitrogen and oxygen atoms in total. The molecule has 0 amide bonds. The quantitative estimate of drug-likeness (QED) is 0.895. The van der Waals surface area contributed by atoms with Crippen molar-refractivity contribution in [1.29, 1.82) is 0 Å². The molecule has 3 aliphatic rings. The molecule has 0 bridgehead atoms. The Labute approximate surface area is 126 Å². The summed E-state index contributed by atoms with van der Waals surface area (Å²) in [7, 11) is 0. The summed E-state index contributed by atoms with van der Waals surface area (Å²) < 4.78 is 5.34. The zero-order valence-corrected chi connectivity index (χ0v) is 12.5. The van der Waals surface area contributed by atoms with E-state index < -0.39 is 0 Å². The third kappa shape index (κ3) is 2.51. The number of hydrogen-bond donors (Lipinski definition) is 1. The number of ether oxygens (including phenoxy) is 1. The molecule has 0 radical (unpaired) electrons. The lowest BCUT2D eigenvalue weighted by molar-refractivity contribution is -0.131. The van der Waals surface area contributed by atoms with Gasteiger partial charge in [0.1, 0.15) is 0 Å². The Bertz CT molecular complexity index is 506. The molecule has 4 heteroatoms. The van der Waals surface area contributed by atoms with Gasteiger partial charge in [-0.15, -0.1) is 0 Å².